The monoisotopic (exact) mass is 152 g/mol. The molecule has 2 aliphatic rings. The van der Waals surface area contributed by atoms with E-state index in [9.17, 15) is 0 Å². The summed E-state index contributed by atoms with van der Waals surface area (Å²) >= 11 is 0. The lowest BCUT2D eigenvalue weighted by atomic mass is 10.2. The van der Waals surface area contributed by atoms with Crippen molar-refractivity contribution in [2.45, 2.75) is 12.2 Å². The molecule has 4 N–H and O–H groups in total. The molecule has 0 fully saturated rings. The average molecular weight is 152 g/mol. The summed E-state index contributed by atoms with van der Waals surface area (Å²) in [6.45, 7) is 0. The molecule has 6 nitrogen and oxygen atoms in total. The molecule has 0 aromatic carbocycles. The minimum atomic E-state index is -0.190. The van der Waals surface area contributed by atoms with Gasteiger partial charge in [-0.25, -0.2) is 15.8 Å². The molecule has 0 saturated carbocycles. The van der Waals surface area contributed by atoms with Crippen molar-refractivity contribution in [3.8, 4) is 0 Å². The van der Waals surface area contributed by atoms with Crippen LogP contribution in [0.2, 0.25) is 0 Å². The molecule has 0 aliphatic carbocycles. The highest BCUT2D eigenvalue weighted by atomic mass is 15.5. The van der Waals surface area contributed by atoms with Gasteiger partial charge < -0.3 is 5.73 Å². The van der Waals surface area contributed by atoms with Crippen molar-refractivity contribution in [3.05, 3.63) is 0 Å². The van der Waals surface area contributed by atoms with E-state index in [4.69, 9.17) is 11.6 Å². The molecule has 2 atom stereocenters. The Bertz CT molecular complexity index is 254. The van der Waals surface area contributed by atoms with Crippen LogP contribution in [0.4, 0.5) is 0 Å². The second kappa shape index (κ2) is 2.03. The van der Waals surface area contributed by atoms with Gasteiger partial charge in [-0.05, 0) is 0 Å². The van der Waals surface area contributed by atoms with Gasteiger partial charge in [-0.3, -0.25) is 10.0 Å². The van der Waals surface area contributed by atoms with Gasteiger partial charge in [0.2, 0.25) is 0 Å². The Morgan fingerprint density at radius 3 is 3.00 bits per heavy atom. The van der Waals surface area contributed by atoms with Crippen molar-refractivity contribution < 1.29 is 0 Å². The van der Waals surface area contributed by atoms with E-state index < -0.39 is 0 Å². The lowest BCUT2D eigenvalue weighted by Gasteiger charge is -2.21. The molecule has 0 saturated heterocycles. The van der Waals surface area contributed by atoms with Crippen LogP contribution in [0, 0.1) is 0 Å². The van der Waals surface area contributed by atoms with E-state index in [-0.39, 0.29) is 12.2 Å². The highest BCUT2D eigenvalue weighted by Crippen LogP contribution is 2.13. The normalized spacial score (nSPS) is 33.9. The van der Waals surface area contributed by atoms with Gasteiger partial charge in [0.25, 0.3) is 0 Å². The Morgan fingerprint density at radius 1 is 1.45 bits per heavy atom. The van der Waals surface area contributed by atoms with Crippen LogP contribution >= 0.6 is 0 Å². The quantitative estimate of drug-likeness (QED) is 0.405. The van der Waals surface area contributed by atoms with E-state index in [0.717, 1.165) is 0 Å². The van der Waals surface area contributed by atoms with E-state index in [1.54, 1.807) is 0 Å². The van der Waals surface area contributed by atoms with Crippen LogP contribution < -0.4 is 11.6 Å². The third-order valence-electron chi connectivity index (χ3n) is 1.68. The van der Waals surface area contributed by atoms with Gasteiger partial charge in [0.1, 0.15) is 18.5 Å². The zero-order chi connectivity index (χ0) is 7.84. The van der Waals surface area contributed by atoms with E-state index >= 15 is 0 Å². The number of aliphatic imine (C=N–C) groups is 3. The predicted molar refractivity (Wildman–Crippen MR) is 42.2 cm³/mol. The van der Waals surface area contributed by atoms with Crippen LogP contribution in [0.1, 0.15) is 0 Å². The number of nitrogens with two attached hydrogens (primary N) is 2. The van der Waals surface area contributed by atoms with Crippen LogP contribution in [0.3, 0.4) is 0 Å². The summed E-state index contributed by atoms with van der Waals surface area (Å²) in [4.78, 5) is 11.8. The third kappa shape index (κ3) is 0.795. The summed E-state index contributed by atoms with van der Waals surface area (Å²) in [5.41, 5.74) is 5.54. The van der Waals surface area contributed by atoms with E-state index in [1.165, 1.54) is 17.7 Å². The second-order valence-electron chi connectivity index (χ2n) is 2.39. The lowest BCUT2D eigenvalue weighted by Crippen LogP contribution is -2.46. The number of hydrogen-bond acceptors (Lipinski definition) is 6. The van der Waals surface area contributed by atoms with Gasteiger partial charge in [-0.2, -0.15) is 0 Å². The molecule has 11 heavy (non-hydrogen) atoms. The van der Waals surface area contributed by atoms with Crippen LogP contribution in [0.5, 0.6) is 0 Å². The Hall–Kier alpha value is -1.43. The fourth-order valence-electron chi connectivity index (χ4n) is 1.09. The molecular weight excluding hydrogens is 144 g/mol. The standard InChI is InChI=1S/C5H8N6/c6-4-3-5(9-1-8-4)11(7)2-10-3/h1-3,5H,7H2,(H2,6,8,9). The van der Waals surface area contributed by atoms with Gasteiger partial charge in [-0.15, -0.1) is 0 Å². The lowest BCUT2D eigenvalue weighted by molar-refractivity contribution is 0.354. The van der Waals surface area contributed by atoms with Gasteiger partial charge in [-0.1, -0.05) is 0 Å². The summed E-state index contributed by atoms with van der Waals surface area (Å²) in [6, 6.07) is -0.190. The SMILES string of the molecule is NC1=NC=NC2C1N=CN2N. The van der Waals surface area contributed by atoms with Crippen LogP contribution in [-0.4, -0.2) is 35.7 Å². The first-order valence-corrected chi connectivity index (χ1v) is 3.20. The number of rotatable bonds is 0. The van der Waals surface area contributed by atoms with Gasteiger partial charge >= 0.3 is 0 Å². The molecular formula is C5H8N6. The molecule has 0 bridgehead atoms. The number of fused-ring (bicyclic) bond motifs is 1. The number of hydrazine groups is 1. The molecule has 6 heteroatoms. The Balaban J connectivity index is 2.30. The predicted octanol–water partition coefficient (Wildman–Crippen LogP) is -1.70. The molecule has 2 aliphatic heterocycles. The molecule has 2 unspecified atom stereocenters. The van der Waals surface area contributed by atoms with Gasteiger partial charge in [0.05, 0.1) is 0 Å². The van der Waals surface area contributed by atoms with Crippen LogP contribution in [-0.2, 0) is 0 Å². The highest BCUT2D eigenvalue weighted by molar-refractivity contribution is 5.95. The third-order valence-corrected chi connectivity index (χ3v) is 1.68. The number of hydrogen-bond donors (Lipinski definition) is 2. The second-order valence-corrected chi connectivity index (χ2v) is 2.39. The average Bonchev–Trinajstić information content (AvgIpc) is 2.35. The first-order valence-electron chi connectivity index (χ1n) is 3.20. The molecule has 0 spiro atoms. The molecule has 0 radical (unpaired) electrons. The van der Waals surface area contributed by atoms with E-state index in [1.807, 2.05) is 0 Å². The van der Waals surface area contributed by atoms with Gasteiger partial charge in [0, 0.05) is 0 Å². The summed E-state index contributed by atoms with van der Waals surface area (Å²) in [7, 11) is 0. The van der Waals surface area contributed by atoms with E-state index in [0.29, 0.717) is 5.84 Å². The van der Waals surface area contributed by atoms with Crippen molar-refractivity contribution in [2.75, 3.05) is 0 Å². The Labute approximate surface area is 63.3 Å². The maximum absolute atomic E-state index is 5.54. The summed E-state index contributed by atoms with van der Waals surface area (Å²) in [5, 5.41) is 1.42. The van der Waals surface area contributed by atoms with Crippen molar-refractivity contribution >= 4 is 18.5 Å². The van der Waals surface area contributed by atoms with Crippen LogP contribution in [0.15, 0.2) is 15.0 Å². The smallest absolute Gasteiger partial charge is 0.167 e. The largest absolute Gasteiger partial charge is 0.385 e. The summed E-state index contributed by atoms with van der Waals surface area (Å²) < 4.78 is 0. The summed E-state index contributed by atoms with van der Waals surface area (Å²) in [6.07, 6.45) is 2.73. The maximum Gasteiger partial charge on any atom is 0.167 e. The fourth-order valence-corrected chi connectivity index (χ4v) is 1.09. The maximum atomic E-state index is 5.54. The fraction of sp³-hybridized carbons (Fsp3) is 0.400. The van der Waals surface area contributed by atoms with E-state index in [2.05, 4.69) is 15.0 Å². The van der Waals surface area contributed by atoms with Crippen molar-refractivity contribution in [2.24, 2.45) is 26.6 Å². The first kappa shape index (κ1) is 6.29. The molecule has 0 aromatic rings. The molecule has 0 aromatic heterocycles. The molecule has 58 valence electrons. The minimum absolute atomic E-state index is 0.188. The molecule has 0 amide bonds. The van der Waals surface area contributed by atoms with Crippen molar-refractivity contribution in [3.63, 3.8) is 0 Å². The molecule has 2 heterocycles. The van der Waals surface area contributed by atoms with Crippen molar-refractivity contribution in [1.29, 1.82) is 0 Å². The highest BCUT2D eigenvalue weighted by Gasteiger charge is 2.32. The Morgan fingerprint density at radius 2 is 2.27 bits per heavy atom. The zero-order valence-electron chi connectivity index (χ0n) is 5.75. The Kier molecular flexibility index (Phi) is 1.16. The zero-order valence-corrected chi connectivity index (χ0v) is 5.75. The minimum Gasteiger partial charge on any atom is -0.385 e. The summed E-state index contributed by atoms with van der Waals surface area (Å²) in [5.74, 6) is 5.98. The number of amidine groups is 1. The van der Waals surface area contributed by atoms with Crippen LogP contribution in [0.25, 0.3) is 0 Å². The van der Waals surface area contributed by atoms with Crippen molar-refractivity contribution in [1.82, 2.24) is 5.01 Å². The van der Waals surface area contributed by atoms with Gasteiger partial charge in [0.15, 0.2) is 12.2 Å². The molecule has 2 rings (SSSR count). The number of nitrogens with zero attached hydrogens (tertiary/aromatic N) is 4. The topological polar surface area (TPSA) is 92.4 Å². The first-order chi connectivity index (χ1) is 5.29.